The molecule has 1 heterocycles. The standard InChI is InChI=1S/C23H21NO5S/c1-28-23(25)18-6-9-21(10-7-18)24-30(26,27)15-16-2-4-17(5-3-16)19-8-11-22-20(14-19)12-13-29-22/h2-11,14,24H,12-13,15H2,1H3. The molecule has 0 radical (unpaired) electrons. The first-order chi connectivity index (χ1) is 14.4. The highest BCUT2D eigenvalue weighted by atomic mass is 32.2. The summed E-state index contributed by atoms with van der Waals surface area (Å²) in [6.45, 7) is 0.716. The summed E-state index contributed by atoms with van der Waals surface area (Å²) in [7, 11) is -2.30. The second-order valence-corrected chi connectivity index (χ2v) is 8.77. The van der Waals surface area contributed by atoms with Crippen molar-refractivity contribution in [1.29, 1.82) is 0 Å². The van der Waals surface area contributed by atoms with E-state index < -0.39 is 16.0 Å². The van der Waals surface area contributed by atoms with Crippen LogP contribution in [0.5, 0.6) is 5.75 Å². The van der Waals surface area contributed by atoms with Gasteiger partial charge in [-0.15, -0.1) is 0 Å². The number of carbonyl (C=O) groups excluding carboxylic acids is 1. The Bertz CT molecular complexity index is 1170. The maximum absolute atomic E-state index is 12.5. The Kier molecular flexibility index (Phi) is 5.46. The van der Waals surface area contributed by atoms with Crippen molar-refractivity contribution in [1.82, 2.24) is 0 Å². The van der Waals surface area contributed by atoms with E-state index in [0.717, 1.165) is 23.3 Å². The van der Waals surface area contributed by atoms with Crippen LogP contribution in [-0.4, -0.2) is 28.1 Å². The van der Waals surface area contributed by atoms with Gasteiger partial charge in [0.1, 0.15) is 5.75 Å². The maximum Gasteiger partial charge on any atom is 0.337 e. The quantitative estimate of drug-likeness (QED) is 0.606. The molecule has 3 aromatic rings. The SMILES string of the molecule is COC(=O)c1ccc(NS(=O)(=O)Cc2ccc(-c3ccc4c(c3)CCO4)cc2)cc1. The third kappa shape index (κ3) is 4.46. The fraction of sp³-hybridized carbons (Fsp3) is 0.174. The molecule has 0 amide bonds. The van der Waals surface area contributed by atoms with E-state index >= 15 is 0 Å². The summed E-state index contributed by atoms with van der Waals surface area (Å²) in [5.74, 6) is 0.317. The van der Waals surface area contributed by atoms with Gasteiger partial charge in [-0.1, -0.05) is 30.3 Å². The summed E-state index contributed by atoms with van der Waals surface area (Å²) in [5, 5.41) is 0. The lowest BCUT2D eigenvalue weighted by Crippen LogP contribution is -2.15. The molecular formula is C23H21NO5S. The van der Waals surface area contributed by atoms with E-state index in [2.05, 4.69) is 15.5 Å². The highest BCUT2D eigenvalue weighted by molar-refractivity contribution is 7.91. The van der Waals surface area contributed by atoms with Gasteiger partial charge < -0.3 is 9.47 Å². The van der Waals surface area contributed by atoms with E-state index in [4.69, 9.17) is 4.74 Å². The Morgan fingerprint density at radius 3 is 2.40 bits per heavy atom. The molecule has 0 aromatic heterocycles. The molecule has 4 rings (SSSR count). The molecule has 7 heteroatoms. The molecule has 0 fully saturated rings. The van der Waals surface area contributed by atoms with Crippen LogP contribution in [0.2, 0.25) is 0 Å². The van der Waals surface area contributed by atoms with E-state index in [1.165, 1.54) is 36.9 Å². The van der Waals surface area contributed by atoms with Crippen LogP contribution in [-0.2, 0) is 26.9 Å². The molecule has 0 bridgehead atoms. The van der Waals surface area contributed by atoms with Crippen LogP contribution in [0.3, 0.4) is 0 Å². The molecule has 0 spiro atoms. The van der Waals surface area contributed by atoms with Gasteiger partial charge in [0.15, 0.2) is 0 Å². The lowest BCUT2D eigenvalue weighted by molar-refractivity contribution is 0.0600. The first kappa shape index (κ1) is 20.0. The molecule has 1 aliphatic rings. The van der Waals surface area contributed by atoms with E-state index in [1.807, 2.05) is 36.4 Å². The van der Waals surface area contributed by atoms with E-state index in [1.54, 1.807) is 0 Å². The highest BCUT2D eigenvalue weighted by Gasteiger charge is 2.15. The summed E-state index contributed by atoms with van der Waals surface area (Å²) in [4.78, 5) is 11.5. The minimum atomic E-state index is -3.59. The molecule has 30 heavy (non-hydrogen) atoms. The van der Waals surface area contributed by atoms with Crippen LogP contribution in [0.1, 0.15) is 21.5 Å². The third-order valence-corrected chi connectivity index (χ3v) is 6.17. The molecule has 154 valence electrons. The Morgan fingerprint density at radius 2 is 1.70 bits per heavy atom. The number of rotatable bonds is 6. The number of hydrogen-bond acceptors (Lipinski definition) is 5. The average molecular weight is 423 g/mol. The van der Waals surface area contributed by atoms with Crippen molar-refractivity contribution in [2.75, 3.05) is 18.4 Å². The van der Waals surface area contributed by atoms with E-state index in [0.29, 0.717) is 23.4 Å². The van der Waals surface area contributed by atoms with Crippen molar-refractivity contribution in [3.63, 3.8) is 0 Å². The Morgan fingerprint density at radius 1 is 1.00 bits per heavy atom. The summed E-state index contributed by atoms with van der Waals surface area (Å²) in [6.07, 6.45) is 0.909. The average Bonchev–Trinajstić information content (AvgIpc) is 3.21. The summed E-state index contributed by atoms with van der Waals surface area (Å²) < 4.78 is 37.7. The van der Waals surface area contributed by atoms with Crippen LogP contribution in [0.25, 0.3) is 11.1 Å². The minimum absolute atomic E-state index is 0.149. The van der Waals surface area contributed by atoms with Crippen molar-refractivity contribution < 1.29 is 22.7 Å². The van der Waals surface area contributed by atoms with Crippen LogP contribution < -0.4 is 9.46 Å². The van der Waals surface area contributed by atoms with Crippen molar-refractivity contribution in [2.24, 2.45) is 0 Å². The molecule has 0 aliphatic carbocycles. The lowest BCUT2D eigenvalue weighted by Gasteiger charge is -2.10. The third-order valence-electron chi connectivity index (χ3n) is 4.91. The number of anilines is 1. The van der Waals surface area contributed by atoms with E-state index in [-0.39, 0.29) is 5.75 Å². The van der Waals surface area contributed by atoms with Gasteiger partial charge in [-0.2, -0.15) is 0 Å². The molecular weight excluding hydrogens is 402 g/mol. The predicted molar refractivity (Wildman–Crippen MR) is 115 cm³/mol. The summed E-state index contributed by atoms with van der Waals surface area (Å²) >= 11 is 0. The molecule has 0 unspecified atom stereocenters. The van der Waals surface area contributed by atoms with Crippen LogP contribution in [0, 0.1) is 0 Å². The monoisotopic (exact) mass is 423 g/mol. The van der Waals surface area contributed by atoms with Crippen molar-refractivity contribution in [3.05, 3.63) is 83.4 Å². The number of methoxy groups -OCH3 is 1. The second-order valence-electron chi connectivity index (χ2n) is 7.05. The Hall–Kier alpha value is -3.32. The number of esters is 1. The zero-order valence-electron chi connectivity index (χ0n) is 16.4. The zero-order chi connectivity index (χ0) is 21.1. The second kappa shape index (κ2) is 8.20. The van der Waals surface area contributed by atoms with Gasteiger partial charge in [0, 0.05) is 12.1 Å². The van der Waals surface area contributed by atoms with Crippen molar-refractivity contribution in [3.8, 4) is 16.9 Å². The van der Waals surface area contributed by atoms with Gasteiger partial charge in [-0.3, -0.25) is 4.72 Å². The Labute approximate surface area is 175 Å². The molecule has 0 atom stereocenters. The highest BCUT2D eigenvalue weighted by Crippen LogP contribution is 2.30. The topological polar surface area (TPSA) is 81.7 Å². The van der Waals surface area contributed by atoms with Gasteiger partial charge in [0.25, 0.3) is 0 Å². The molecule has 1 N–H and O–H groups in total. The van der Waals surface area contributed by atoms with Crippen LogP contribution in [0.4, 0.5) is 5.69 Å². The summed E-state index contributed by atoms with van der Waals surface area (Å²) in [5.41, 5.74) is 4.73. The normalized spacial score (nSPS) is 12.7. The molecule has 6 nitrogen and oxygen atoms in total. The minimum Gasteiger partial charge on any atom is -0.493 e. The van der Waals surface area contributed by atoms with Crippen molar-refractivity contribution >= 4 is 21.7 Å². The van der Waals surface area contributed by atoms with Gasteiger partial charge >= 0.3 is 5.97 Å². The number of ether oxygens (including phenoxy) is 2. The van der Waals surface area contributed by atoms with Gasteiger partial charge in [0.05, 0.1) is 25.0 Å². The number of sulfonamides is 1. The fourth-order valence-electron chi connectivity index (χ4n) is 3.39. The number of hydrogen-bond donors (Lipinski definition) is 1. The van der Waals surface area contributed by atoms with Gasteiger partial charge in [-0.25, -0.2) is 13.2 Å². The lowest BCUT2D eigenvalue weighted by atomic mass is 10.0. The predicted octanol–water partition coefficient (Wildman–Crippen LogP) is 4.02. The largest absolute Gasteiger partial charge is 0.493 e. The molecule has 0 saturated carbocycles. The number of fused-ring (bicyclic) bond motifs is 1. The molecule has 0 saturated heterocycles. The van der Waals surface area contributed by atoms with Crippen molar-refractivity contribution in [2.45, 2.75) is 12.2 Å². The Balaban J connectivity index is 1.44. The maximum atomic E-state index is 12.5. The summed E-state index contributed by atoms with van der Waals surface area (Å²) in [6, 6.07) is 19.7. The smallest absolute Gasteiger partial charge is 0.337 e. The fourth-order valence-corrected chi connectivity index (χ4v) is 4.59. The first-order valence-electron chi connectivity index (χ1n) is 9.47. The molecule has 3 aromatic carbocycles. The van der Waals surface area contributed by atoms with E-state index in [9.17, 15) is 13.2 Å². The zero-order valence-corrected chi connectivity index (χ0v) is 17.2. The van der Waals surface area contributed by atoms with Crippen LogP contribution >= 0.6 is 0 Å². The molecule has 1 aliphatic heterocycles. The number of nitrogens with one attached hydrogen (secondary N) is 1. The van der Waals surface area contributed by atoms with Crippen LogP contribution in [0.15, 0.2) is 66.7 Å². The number of benzene rings is 3. The van der Waals surface area contributed by atoms with Gasteiger partial charge in [0.2, 0.25) is 10.0 Å². The number of carbonyl (C=O) groups is 1. The van der Waals surface area contributed by atoms with Gasteiger partial charge in [-0.05, 0) is 58.7 Å². The first-order valence-corrected chi connectivity index (χ1v) is 11.1.